The van der Waals surface area contributed by atoms with Crippen LogP contribution in [0.1, 0.15) is 28.8 Å². The van der Waals surface area contributed by atoms with Gasteiger partial charge in [0.2, 0.25) is 0 Å². The molecule has 0 unspecified atom stereocenters. The molecular formula is C18H27IN4O. The predicted molar refractivity (Wildman–Crippen MR) is 110 cm³/mol. The Bertz CT molecular complexity index is 590. The summed E-state index contributed by atoms with van der Waals surface area (Å²) in [6, 6.07) is 8.24. The predicted octanol–water partition coefficient (Wildman–Crippen LogP) is 2.43. The van der Waals surface area contributed by atoms with Gasteiger partial charge in [-0.1, -0.05) is 24.3 Å². The number of hydrogen-bond acceptors (Lipinski definition) is 2. The van der Waals surface area contributed by atoms with E-state index in [-0.39, 0.29) is 29.9 Å². The van der Waals surface area contributed by atoms with Crippen LogP contribution in [0.3, 0.4) is 0 Å². The number of rotatable bonds is 5. The summed E-state index contributed by atoms with van der Waals surface area (Å²) in [5.74, 6) is 0.866. The van der Waals surface area contributed by atoms with E-state index in [0.29, 0.717) is 6.04 Å². The van der Waals surface area contributed by atoms with E-state index in [1.54, 1.807) is 26.0 Å². The first kappa shape index (κ1) is 20.5. The summed E-state index contributed by atoms with van der Waals surface area (Å²) in [6.07, 6.45) is 7.33. The van der Waals surface area contributed by atoms with Crippen molar-refractivity contribution in [1.29, 1.82) is 0 Å². The Balaban J connectivity index is 0.00000288. The van der Waals surface area contributed by atoms with Crippen LogP contribution in [0.5, 0.6) is 0 Å². The van der Waals surface area contributed by atoms with Gasteiger partial charge in [0, 0.05) is 39.3 Å². The highest BCUT2D eigenvalue weighted by Gasteiger charge is 2.11. The summed E-state index contributed by atoms with van der Waals surface area (Å²) in [6.45, 7) is 0.777. The number of nitrogens with zero attached hydrogens (tertiary/aromatic N) is 2. The molecule has 0 aromatic heterocycles. The quantitative estimate of drug-likeness (QED) is 0.319. The van der Waals surface area contributed by atoms with Gasteiger partial charge in [-0.05, 0) is 37.0 Å². The molecule has 0 radical (unpaired) electrons. The molecule has 24 heavy (non-hydrogen) atoms. The van der Waals surface area contributed by atoms with Crippen molar-refractivity contribution >= 4 is 35.8 Å². The molecule has 1 aromatic rings. The van der Waals surface area contributed by atoms with Gasteiger partial charge in [0.05, 0.1) is 0 Å². The van der Waals surface area contributed by atoms with Gasteiger partial charge in [-0.2, -0.15) is 0 Å². The zero-order valence-corrected chi connectivity index (χ0v) is 16.9. The standard InChI is InChI=1S/C18H26N4O.HI/c1-19-18(21-16-9-4-5-10-16)20-12-11-14-7-6-8-15(13-14)17(23)22(2)3;/h4-8,13,16H,9-12H2,1-3H3,(H2,19,20,21);1H. The fourth-order valence-electron chi connectivity index (χ4n) is 2.57. The number of benzene rings is 1. The number of carbonyl (C=O) groups excluding carboxylic acids is 1. The Morgan fingerprint density at radius 2 is 2.00 bits per heavy atom. The maximum absolute atomic E-state index is 12.0. The van der Waals surface area contributed by atoms with Gasteiger partial charge < -0.3 is 15.5 Å². The van der Waals surface area contributed by atoms with Gasteiger partial charge in [0.1, 0.15) is 0 Å². The molecule has 1 aliphatic carbocycles. The third-order valence-corrected chi connectivity index (χ3v) is 3.86. The summed E-state index contributed by atoms with van der Waals surface area (Å²) in [4.78, 5) is 17.8. The van der Waals surface area contributed by atoms with Gasteiger partial charge >= 0.3 is 0 Å². The molecule has 0 heterocycles. The zero-order chi connectivity index (χ0) is 16.7. The van der Waals surface area contributed by atoms with Crippen LogP contribution in [0, 0.1) is 0 Å². The lowest BCUT2D eigenvalue weighted by Crippen LogP contribution is -2.43. The van der Waals surface area contributed by atoms with Crippen LogP contribution in [0.15, 0.2) is 41.4 Å². The van der Waals surface area contributed by atoms with Crippen molar-refractivity contribution < 1.29 is 4.79 Å². The third kappa shape index (κ3) is 6.14. The van der Waals surface area contributed by atoms with E-state index in [0.717, 1.165) is 42.9 Å². The zero-order valence-electron chi connectivity index (χ0n) is 14.6. The molecular weight excluding hydrogens is 415 g/mol. The van der Waals surface area contributed by atoms with E-state index in [1.807, 2.05) is 24.3 Å². The summed E-state index contributed by atoms with van der Waals surface area (Å²) >= 11 is 0. The monoisotopic (exact) mass is 442 g/mol. The molecule has 0 aliphatic heterocycles. The first-order chi connectivity index (χ1) is 11.1. The maximum Gasteiger partial charge on any atom is 0.253 e. The van der Waals surface area contributed by atoms with Crippen LogP contribution in [0.2, 0.25) is 0 Å². The fourth-order valence-corrected chi connectivity index (χ4v) is 2.57. The average molecular weight is 442 g/mol. The van der Waals surface area contributed by atoms with Crippen LogP contribution in [-0.4, -0.2) is 50.5 Å². The number of aliphatic imine (C=N–C) groups is 1. The lowest BCUT2D eigenvalue weighted by molar-refractivity contribution is 0.0827. The molecule has 1 amide bonds. The number of nitrogens with one attached hydrogen (secondary N) is 2. The minimum atomic E-state index is 0. The Morgan fingerprint density at radius 3 is 2.62 bits per heavy atom. The van der Waals surface area contributed by atoms with Crippen molar-refractivity contribution in [3.8, 4) is 0 Å². The van der Waals surface area contributed by atoms with Gasteiger partial charge in [-0.3, -0.25) is 9.79 Å². The number of hydrogen-bond donors (Lipinski definition) is 2. The SMILES string of the molecule is CN=C(NCCc1cccc(C(=O)N(C)C)c1)NC1CC=CC1.I. The second kappa shape index (κ2) is 10.3. The summed E-state index contributed by atoms with van der Waals surface area (Å²) in [5, 5.41) is 6.74. The summed E-state index contributed by atoms with van der Waals surface area (Å²) in [7, 11) is 5.32. The van der Waals surface area contributed by atoms with Crippen LogP contribution >= 0.6 is 24.0 Å². The minimum absolute atomic E-state index is 0. The highest BCUT2D eigenvalue weighted by atomic mass is 127. The first-order valence-electron chi connectivity index (χ1n) is 8.03. The lowest BCUT2D eigenvalue weighted by Gasteiger charge is -2.17. The van der Waals surface area contributed by atoms with Crippen molar-refractivity contribution in [2.45, 2.75) is 25.3 Å². The average Bonchev–Trinajstić information content (AvgIpc) is 3.06. The third-order valence-electron chi connectivity index (χ3n) is 3.86. The van der Waals surface area contributed by atoms with Gasteiger partial charge in [-0.25, -0.2) is 0 Å². The van der Waals surface area contributed by atoms with Gasteiger partial charge in [0.15, 0.2) is 5.96 Å². The molecule has 0 bridgehead atoms. The van der Waals surface area contributed by atoms with Crippen molar-refractivity contribution in [2.75, 3.05) is 27.7 Å². The molecule has 5 nitrogen and oxygen atoms in total. The maximum atomic E-state index is 12.0. The molecule has 132 valence electrons. The molecule has 2 rings (SSSR count). The Morgan fingerprint density at radius 1 is 1.29 bits per heavy atom. The molecule has 0 saturated heterocycles. The van der Waals surface area contributed by atoms with Crippen molar-refractivity contribution in [3.05, 3.63) is 47.5 Å². The smallest absolute Gasteiger partial charge is 0.253 e. The van der Waals surface area contributed by atoms with E-state index in [1.165, 1.54) is 0 Å². The molecule has 0 fully saturated rings. The first-order valence-corrected chi connectivity index (χ1v) is 8.03. The molecule has 0 atom stereocenters. The molecule has 0 spiro atoms. The van der Waals surface area contributed by atoms with Crippen LogP contribution < -0.4 is 10.6 Å². The topological polar surface area (TPSA) is 56.7 Å². The van der Waals surface area contributed by atoms with Gasteiger partial charge in [0.25, 0.3) is 5.91 Å². The van der Waals surface area contributed by atoms with Crippen LogP contribution in [0.4, 0.5) is 0 Å². The fraction of sp³-hybridized carbons (Fsp3) is 0.444. The van der Waals surface area contributed by atoms with E-state index < -0.39 is 0 Å². The number of halogens is 1. The summed E-state index contributed by atoms with van der Waals surface area (Å²) in [5.41, 5.74) is 1.87. The lowest BCUT2D eigenvalue weighted by atomic mass is 10.1. The molecule has 6 heteroatoms. The Labute approximate surface area is 161 Å². The highest BCUT2D eigenvalue weighted by molar-refractivity contribution is 14.0. The van der Waals surface area contributed by atoms with Crippen molar-refractivity contribution in [3.63, 3.8) is 0 Å². The van der Waals surface area contributed by atoms with Crippen LogP contribution in [-0.2, 0) is 6.42 Å². The van der Waals surface area contributed by atoms with Gasteiger partial charge in [-0.15, -0.1) is 24.0 Å². The van der Waals surface area contributed by atoms with E-state index in [9.17, 15) is 4.79 Å². The highest BCUT2D eigenvalue weighted by Crippen LogP contribution is 2.09. The Kier molecular flexibility index (Phi) is 8.81. The minimum Gasteiger partial charge on any atom is -0.356 e. The van der Waals surface area contributed by atoms with E-state index >= 15 is 0 Å². The second-order valence-electron chi connectivity index (χ2n) is 5.93. The van der Waals surface area contributed by atoms with Crippen molar-refractivity contribution in [1.82, 2.24) is 15.5 Å². The van der Waals surface area contributed by atoms with Crippen molar-refractivity contribution in [2.24, 2.45) is 4.99 Å². The van der Waals surface area contributed by atoms with E-state index in [2.05, 4.69) is 27.8 Å². The largest absolute Gasteiger partial charge is 0.356 e. The Hall–Kier alpha value is -1.57. The molecule has 1 aliphatic rings. The summed E-state index contributed by atoms with van der Waals surface area (Å²) < 4.78 is 0. The molecule has 2 N–H and O–H groups in total. The van der Waals surface area contributed by atoms with Crippen LogP contribution in [0.25, 0.3) is 0 Å². The number of amides is 1. The van der Waals surface area contributed by atoms with E-state index in [4.69, 9.17) is 0 Å². The molecule has 0 saturated carbocycles. The molecule has 1 aromatic carbocycles. The number of guanidine groups is 1. The second-order valence-corrected chi connectivity index (χ2v) is 5.93. The normalized spacial score (nSPS) is 14.2. The number of carbonyl (C=O) groups is 1.